The van der Waals surface area contributed by atoms with Gasteiger partial charge in [0.15, 0.2) is 29.8 Å². The third-order valence-electron chi connectivity index (χ3n) is 7.07. The number of rotatable bonds is 10. The summed E-state index contributed by atoms with van der Waals surface area (Å²) in [5.41, 5.74) is 0.649. The lowest BCUT2D eigenvalue weighted by molar-refractivity contribution is -0.259. The van der Waals surface area contributed by atoms with E-state index in [1.54, 1.807) is 0 Å². The fourth-order valence-corrected chi connectivity index (χ4v) is 5.46. The third kappa shape index (κ3) is 10.2. The van der Waals surface area contributed by atoms with E-state index in [1.165, 1.54) is 44.2 Å². The van der Waals surface area contributed by atoms with Gasteiger partial charge >= 0.3 is 41.8 Å². The maximum Gasteiger partial charge on any atom is 0.308 e. The van der Waals surface area contributed by atoms with Crippen molar-refractivity contribution in [2.75, 3.05) is 6.61 Å². The Labute approximate surface area is 291 Å². The van der Waals surface area contributed by atoms with Crippen molar-refractivity contribution in [2.45, 2.75) is 91.7 Å². The van der Waals surface area contributed by atoms with Crippen LogP contribution in [0.1, 0.15) is 65.7 Å². The highest BCUT2D eigenvalue weighted by atomic mass is 16.7. The predicted octanol–water partition coefficient (Wildman–Crippen LogP) is 2.60. The molecule has 0 N–H and O–H groups in total. The van der Waals surface area contributed by atoms with E-state index in [1.807, 2.05) is 0 Å². The van der Waals surface area contributed by atoms with Crippen LogP contribution in [0.2, 0.25) is 0 Å². The molecule has 17 nitrogen and oxygen atoms in total. The maximum absolute atomic E-state index is 12.2. The van der Waals surface area contributed by atoms with Gasteiger partial charge in [0, 0.05) is 78.1 Å². The minimum atomic E-state index is -1.44. The van der Waals surface area contributed by atoms with Crippen LogP contribution in [0.15, 0.2) is 30.3 Å². The van der Waals surface area contributed by atoms with E-state index >= 15 is 0 Å². The zero-order chi connectivity index (χ0) is 37.6. The average Bonchev–Trinajstić information content (AvgIpc) is 2.99. The molecule has 0 bridgehead atoms. The lowest BCUT2D eigenvalue weighted by atomic mass is 9.93. The van der Waals surface area contributed by atoms with Crippen molar-refractivity contribution >= 4 is 41.8 Å². The molecule has 1 fully saturated rings. The summed E-state index contributed by atoms with van der Waals surface area (Å²) < 4.78 is 55.7. The lowest BCUT2D eigenvalue weighted by Gasteiger charge is -2.40. The summed E-state index contributed by atoms with van der Waals surface area (Å²) in [7, 11) is 0. The van der Waals surface area contributed by atoms with E-state index in [9.17, 15) is 33.6 Å². The number of carbonyl (C=O) groups is 7. The summed E-state index contributed by atoms with van der Waals surface area (Å²) in [6.07, 6.45) is -7.45. The van der Waals surface area contributed by atoms with Crippen LogP contribution in [-0.2, 0) is 63.7 Å². The standard InChI is InChI=1S/C34H36O17/c1-15(35)43-25-9-8-22(10-28(25)45-17(3)37)31-29(46-18(4)38)13-24-26(44-16(2)36)11-23(12-27(24)51-31)50-34-33(49-21(7)41)32(48-20(6)40)30(14-42-34)47-19(5)39/h8-12,29-34H,13-14H2,1-7H3/t29-,30+,31+,32-,33+,34-/m0/s1. The molecule has 0 radical (unpaired) electrons. The first-order valence-electron chi connectivity index (χ1n) is 15.5. The molecule has 6 atom stereocenters. The van der Waals surface area contributed by atoms with Gasteiger partial charge < -0.3 is 47.4 Å². The Morgan fingerprint density at radius 1 is 0.588 bits per heavy atom. The second kappa shape index (κ2) is 16.3. The molecule has 2 aliphatic heterocycles. The molecule has 274 valence electrons. The fourth-order valence-electron chi connectivity index (χ4n) is 5.46. The van der Waals surface area contributed by atoms with Crippen LogP contribution in [0.4, 0.5) is 0 Å². The Kier molecular flexibility index (Phi) is 12.2. The number of benzene rings is 2. The monoisotopic (exact) mass is 716 g/mol. The molecule has 0 spiro atoms. The van der Waals surface area contributed by atoms with Crippen LogP contribution in [-0.4, -0.2) is 79.1 Å². The molecule has 1 saturated heterocycles. The van der Waals surface area contributed by atoms with E-state index in [0.717, 1.165) is 34.6 Å². The van der Waals surface area contributed by atoms with Crippen LogP contribution < -0.4 is 23.7 Å². The molecule has 2 aliphatic rings. The van der Waals surface area contributed by atoms with Gasteiger partial charge in [-0.3, -0.25) is 33.6 Å². The Morgan fingerprint density at radius 2 is 1.14 bits per heavy atom. The molecular formula is C34H36O17. The van der Waals surface area contributed by atoms with Gasteiger partial charge in [-0.15, -0.1) is 0 Å². The molecule has 0 amide bonds. The highest BCUT2D eigenvalue weighted by Gasteiger charge is 2.48. The molecular weight excluding hydrogens is 680 g/mol. The van der Waals surface area contributed by atoms with Crippen LogP contribution in [0, 0.1) is 0 Å². The van der Waals surface area contributed by atoms with Gasteiger partial charge in [-0.1, -0.05) is 6.07 Å². The SMILES string of the molecule is CC(=O)Oc1ccc([C@H]2Oc3cc(O[C@@H]4OC[C@@H](OC(C)=O)[C@H](OC(C)=O)[C@H]4OC(C)=O)cc(OC(C)=O)c3C[C@@H]2OC(C)=O)cc1OC(C)=O. The van der Waals surface area contributed by atoms with Crippen molar-refractivity contribution < 1.29 is 80.9 Å². The van der Waals surface area contributed by atoms with E-state index in [4.69, 9.17) is 47.4 Å². The highest BCUT2D eigenvalue weighted by molar-refractivity contribution is 5.74. The molecule has 51 heavy (non-hydrogen) atoms. The average molecular weight is 717 g/mol. The van der Waals surface area contributed by atoms with Crippen molar-refractivity contribution in [3.05, 3.63) is 41.5 Å². The van der Waals surface area contributed by atoms with Crippen LogP contribution in [0.3, 0.4) is 0 Å². The quantitative estimate of drug-likeness (QED) is 0.196. The van der Waals surface area contributed by atoms with Gasteiger partial charge in [0.25, 0.3) is 0 Å². The summed E-state index contributed by atoms with van der Waals surface area (Å²) in [4.78, 5) is 83.8. The van der Waals surface area contributed by atoms with E-state index in [2.05, 4.69) is 0 Å². The van der Waals surface area contributed by atoms with Crippen LogP contribution in [0.5, 0.6) is 28.7 Å². The maximum atomic E-state index is 12.2. The second-order valence-electron chi connectivity index (χ2n) is 11.4. The summed E-state index contributed by atoms with van der Waals surface area (Å²) in [5.74, 6) is -5.11. The zero-order valence-corrected chi connectivity index (χ0v) is 28.7. The van der Waals surface area contributed by atoms with Crippen molar-refractivity contribution in [2.24, 2.45) is 0 Å². The number of fused-ring (bicyclic) bond motifs is 1. The normalized spacial score (nSPS) is 22.1. The second-order valence-corrected chi connectivity index (χ2v) is 11.4. The van der Waals surface area contributed by atoms with Crippen molar-refractivity contribution in [3.8, 4) is 28.7 Å². The van der Waals surface area contributed by atoms with Crippen molar-refractivity contribution in [3.63, 3.8) is 0 Å². The van der Waals surface area contributed by atoms with Crippen molar-refractivity contribution in [1.82, 2.24) is 0 Å². The smallest absolute Gasteiger partial charge is 0.308 e. The van der Waals surface area contributed by atoms with Gasteiger partial charge in [-0.2, -0.15) is 0 Å². The van der Waals surface area contributed by atoms with Gasteiger partial charge in [-0.25, -0.2) is 0 Å². The number of esters is 7. The molecule has 0 aromatic heterocycles. The summed E-state index contributed by atoms with van der Waals surface area (Å²) in [6.45, 7) is 7.73. The van der Waals surface area contributed by atoms with Gasteiger partial charge in [0.05, 0.1) is 6.61 Å². The van der Waals surface area contributed by atoms with Gasteiger partial charge in [0.2, 0.25) is 12.4 Å². The molecule has 0 saturated carbocycles. The number of hydrogen-bond acceptors (Lipinski definition) is 17. The molecule has 2 aromatic carbocycles. The Bertz CT molecular complexity index is 1710. The minimum absolute atomic E-state index is 0.0323. The number of carbonyl (C=O) groups excluding carboxylic acids is 7. The first-order valence-corrected chi connectivity index (χ1v) is 15.5. The first kappa shape index (κ1) is 38.1. The molecule has 0 unspecified atom stereocenters. The Morgan fingerprint density at radius 3 is 1.73 bits per heavy atom. The molecule has 17 heteroatoms. The Balaban J connectivity index is 1.77. The molecule has 2 aromatic rings. The summed E-state index contributed by atoms with van der Waals surface area (Å²) >= 11 is 0. The summed E-state index contributed by atoms with van der Waals surface area (Å²) in [6, 6.07) is 7.01. The van der Waals surface area contributed by atoms with Gasteiger partial charge in [0.1, 0.15) is 23.4 Å². The first-order chi connectivity index (χ1) is 24.0. The largest absolute Gasteiger partial charge is 0.481 e. The molecule has 2 heterocycles. The summed E-state index contributed by atoms with van der Waals surface area (Å²) in [5, 5.41) is 0. The lowest BCUT2D eigenvalue weighted by Crippen LogP contribution is -2.59. The third-order valence-corrected chi connectivity index (χ3v) is 7.07. The number of ether oxygens (including phenoxy) is 10. The van der Waals surface area contributed by atoms with Gasteiger partial charge in [-0.05, 0) is 12.1 Å². The molecule has 0 aliphatic carbocycles. The van der Waals surface area contributed by atoms with Crippen molar-refractivity contribution in [1.29, 1.82) is 0 Å². The zero-order valence-electron chi connectivity index (χ0n) is 28.7. The van der Waals surface area contributed by atoms with E-state index in [-0.39, 0.29) is 41.8 Å². The number of hydrogen-bond donors (Lipinski definition) is 0. The fraction of sp³-hybridized carbons (Fsp3) is 0.441. The molecule has 4 rings (SSSR count). The Hall–Kier alpha value is -5.71. The minimum Gasteiger partial charge on any atom is -0.481 e. The van der Waals surface area contributed by atoms with Crippen LogP contribution >= 0.6 is 0 Å². The topological polar surface area (TPSA) is 212 Å². The predicted molar refractivity (Wildman–Crippen MR) is 166 cm³/mol. The highest BCUT2D eigenvalue weighted by Crippen LogP contribution is 2.45. The van der Waals surface area contributed by atoms with Crippen LogP contribution in [0.25, 0.3) is 0 Å². The van der Waals surface area contributed by atoms with E-state index < -0.39 is 78.6 Å². The van der Waals surface area contributed by atoms with E-state index in [0.29, 0.717) is 11.1 Å².